The zero-order valence-corrected chi connectivity index (χ0v) is 19.1. The van der Waals surface area contributed by atoms with Gasteiger partial charge >= 0.3 is 0 Å². The molecule has 0 fully saturated rings. The van der Waals surface area contributed by atoms with E-state index >= 15 is 0 Å². The number of ether oxygens (including phenoxy) is 1. The highest BCUT2D eigenvalue weighted by Gasteiger charge is 2.15. The van der Waals surface area contributed by atoms with Crippen molar-refractivity contribution < 1.29 is 9.53 Å². The highest BCUT2D eigenvalue weighted by Crippen LogP contribution is 2.31. The van der Waals surface area contributed by atoms with E-state index in [4.69, 9.17) is 14.8 Å². The molecule has 1 N–H and O–H groups in total. The van der Waals surface area contributed by atoms with Gasteiger partial charge in [0.1, 0.15) is 5.75 Å². The summed E-state index contributed by atoms with van der Waals surface area (Å²) in [6.07, 6.45) is 0. The van der Waals surface area contributed by atoms with Crippen LogP contribution in [0.4, 0.5) is 5.69 Å². The normalized spacial score (nSPS) is 11.2. The summed E-state index contributed by atoms with van der Waals surface area (Å²) < 4.78 is 7.43. The molecule has 0 saturated heterocycles. The van der Waals surface area contributed by atoms with Crippen molar-refractivity contribution in [2.45, 2.75) is 6.92 Å². The molecule has 6 rings (SSSR count). The first-order valence-corrected chi connectivity index (χ1v) is 11.4. The zero-order valence-electron chi connectivity index (χ0n) is 19.1. The standard InChI is InChI=1S/C29H22N4O2/c1-19-11-13-20(14-12-19)28-23-9-5-6-10-24(23)29-31-25-17-21(15-16-26(25)33(29)32-28)30-27(34)18-35-22-7-3-2-4-8-22/h2-17H,18H2,1H3,(H,30,34). The van der Waals surface area contributed by atoms with Crippen LogP contribution in [0.25, 0.3) is 38.7 Å². The molecule has 170 valence electrons. The average molecular weight is 459 g/mol. The highest BCUT2D eigenvalue weighted by atomic mass is 16.5. The maximum atomic E-state index is 12.4. The Morgan fingerprint density at radius 3 is 2.43 bits per heavy atom. The van der Waals surface area contributed by atoms with Gasteiger partial charge in [0, 0.05) is 22.0 Å². The number of aryl methyl sites for hydroxylation is 1. The second kappa shape index (κ2) is 8.57. The van der Waals surface area contributed by atoms with Crippen molar-refractivity contribution in [3.05, 3.63) is 103 Å². The lowest BCUT2D eigenvalue weighted by Gasteiger charge is -2.09. The number of amides is 1. The number of hydrogen-bond acceptors (Lipinski definition) is 4. The van der Waals surface area contributed by atoms with E-state index in [0.29, 0.717) is 11.4 Å². The van der Waals surface area contributed by atoms with Gasteiger partial charge in [-0.05, 0) is 37.3 Å². The van der Waals surface area contributed by atoms with E-state index in [2.05, 4.69) is 48.6 Å². The molecular weight excluding hydrogens is 436 g/mol. The number of carbonyl (C=O) groups excluding carboxylic acids is 1. The van der Waals surface area contributed by atoms with Gasteiger partial charge in [-0.1, -0.05) is 72.3 Å². The van der Waals surface area contributed by atoms with Crippen LogP contribution in [0.3, 0.4) is 0 Å². The van der Waals surface area contributed by atoms with Crippen LogP contribution in [0.2, 0.25) is 0 Å². The number of nitrogens with one attached hydrogen (secondary N) is 1. The first-order chi connectivity index (χ1) is 17.2. The Kier molecular flexibility index (Phi) is 5.11. The predicted molar refractivity (Wildman–Crippen MR) is 139 cm³/mol. The second-order valence-electron chi connectivity index (χ2n) is 8.46. The molecule has 2 aromatic heterocycles. The number of carbonyl (C=O) groups is 1. The van der Waals surface area contributed by atoms with Crippen LogP contribution in [0, 0.1) is 6.92 Å². The van der Waals surface area contributed by atoms with Crippen LogP contribution >= 0.6 is 0 Å². The molecule has 2 heterocycles. The number of para-hydroxylation sites is 1. The van der Waals surface area contributed by atoms with Crippen molar-refractivity contribution in [1.82, 2.24) is 14.6 Å². The third-order valence-corrected chi connectivity index (χ3v) is 5.98. The number of fused-ring (bicyclic) bond motifs is 5. The van der Waals surface area contributed by atoms with Crippen molar-refractivity contribution >= 4 is 39.0 Å². The number of benzene rings is 4. The number of anilines is 1. The molecule has 0 saturated carbocycles. The van der Waals surface area contributed by atoms with Gasteiger partial charge in [-0.15, -0.1) is 0 Å². The van der Waals surface area contributed by atoms with Gasteiger partial charge in [0.2, 0.25) is 0 Å². The monoisotopic (exact) mass is 458 g/mol. The van der Waals surface area contributed by atoms with Gasteiger partial charge in [0.25, 0.3) is 5.91 Å². The molecule has 0 atom stereocenters. The molecule has 6 heteroatoms. The molecule has 0 aliphatic carbocycles. The van der Waals surface area contributed by atoms with Gasteiger partial charge < -0.3 is 10.1 Å². The van der Waals surface area contributed by atoms with Crippen LogP contribution < -0.4 is 10.1 Å². The molecule has 0 unspecified atom stereocenters. The molecule has 0 bridgehead atoms. The smallest absolute Gasteiger partial charge is 0.262 e. The second-order valence-corrected chi connectivity index (χ2v) is 8.46. The average Bonchev–Trinajstić information content (AvgIpc) is 3.26. The lowest BCUT2D eigenvalue weighted by atomic mass is 10.0. The van der Waals surface area contributed by atoms with Crippen molar-refractivity contribution in [3.8, 4) is 17.0 Å². The summed E-state index contributed by atoms with van der Waals surface area (Å²) in [7, 11) is 0. The first kappa shape index (κ1) is 20.9. The number of nitrogens with zero attached hydrogens (tertiary/aromatic N) is 3. The minimum Gasteiger partial charge on any atom is -0.484 e. The van der Waals surface area contributed by atoms with Crippen molar-refractivity contribution in [3.63, 3.8) is 0 Å². The van der Waals surface area contributed by atoms with E-state index in [1.807, 2.05) is 65.2 Å². The van der Waals surface area contributed by atoms with Crippen molar-refractivity contribution in [2.24, 2.45) is 0 Å². The van der Waals surface area contributed by atoms with Crippen LogP contribution in [0.1, 0.15) is 5.56 Å². The van der Waals surface area contributed by atoms with E-state index in [-0.39, 0.29) is 12.5 Å². The largest absolute Gasteiger partial charge is 0.484 e. The molecule has 0 spiro atoms. The minimum absolute atomic E-state index is 0.0701. The molecule has 4 aromatic carbocycles. The third kappa shape index (κ3) is 3.95. The molecule has 6 nitrogen and oxygen atoms in total. The molecule has 0 aliphatic rings. The van der Waals surface area contributed by atoms with Crippen LogP contribution in [-0.4, -0.2) is 27.1 Å². The lowest BCUT2D eigenvalue weighted by molar-refractivity contribution is -0.118. The molecule has 35 heavy (non-hydrogen) atoms. The van der Waals surface area contributed by atoms with Gasteiger partial charge in [-0.3, -0.25) is 4.79 Å². The first-order valence-electron chi connectivity index (χ1n) is 11.4. The van der Waals surface area contributed by atoms with E-state index in [1.54, 1.807) is 0 Å². The Balaban J connectivity index is 1.37. The van der Waals surface area contributed by atoms with E-state index in [0.717, 1.165) is 38.7 Å². The van der Waals surface area contributed by atoms with Crippen LogP contribution in [-0.2, 0) is 4.79 Å². The minimum atomic E-state index is -0.234. The topological polar surface area (TPSA) is 68.5 Å². The molecule has 6 aromatic rings. The lowest BCUT2D eigenvalue weighted by Crippen LogP contribution is -2.20. The summed E-state index contributed by atoms with van der Waals surface area (Å²) in [5.74, 6) is 0.419. The summed E-state index contributed by atoms with van der Waals surface area (Å²) in [5, 5.41) is 9.96. The highest BCUT2D eigenvalue weighted by molar-refractivity contribution is 6.04. The molecule has 1 amide bonds. The number of imidazole rings is 1. The van der Waals surface area contributed by atoms with Crippen LogP contribution in [0.5, 0.6) is 5.75 Å². The zero-order chi connectivity index (χ0) is 23.8. The SMILES string of the molecule is Cc1ccc(-c2nn3c4ccc(NC(=O)COc5ccccc5)cc4nc3c3ccccc23)cc1. The molecular formula is C29H22N4O2. The number of rotatable bonds is 5. The summed E-state index contributed by atoms with van der Waals surface area (Å²) >= 11 is 0. The van der Waals surface area contributed by atoms with Gasteiger partial charge in [-0.25, -0.2) is 9.50 Å². The fourth-order valence-corrected chi connectivity index (χ4v) is 4.25. The van der Waals surface area contributed by atoms with Gasteiger partial charge in [-0.2, -0.15) is 5.10 Å². The Morgan fingerprint density at radius 2 is 1.63 bits per heavy atom. The maximum Gasteiger partial charge on any atom is 0.262 e. The number of hydrogen-bond donors (Lipinski definition) is 1. The Labute approximate surface area is 201 Å². The molecule has 0 aliphatic heterocycles. The Morgan fingerprint density at radius 1 is 0.886 bits per heavy atom. The van der Waals surface area contributed by atoms with Gasteiger partial charge in [0.15, 0.2) is 12.3 Å². The predicted octanol–water partition coefficient (Wildman–Crippen LogP) is 6.03. The van der Waals surface area contributed by atoms with E-state index in [9.17, 15) is 4.79 Å². The maximum absolute atomic E-state index is 12.4. The fourth-order valence-electron chi connectivity index (χ4n) is 4.25. The summed E-state index contributed by atoms with van der Waals surface area (Å²) in [4.78, 5) is 17.3. The van der Waals surface area contributed by atoms with Crippen molar-refractivity contribution in [2.75, 3.05) is 11.9 Å². The third-order valence-electron chi connectivity index (χ3n) is 5.98. The molecule has 0 radical (unpaired) electrons. The summed E-state index contributed by atoms with van der Waals surface area (Å²) in [5.41, 5.74) is 6.23. The van der Waals surface area contributed by atoms with Crippen LogP contribution in [0.15, 0.2) is 97.1 Å². The van der Waals surface area contributed by atoms with Crippen molar-refractivity contribution in [1.29, 1.82) is 0 Å². The fraction of sp³-hybridized carbons (Fsp3) is 0.0690. The Hall–Kier alpha value is -4.71. The Bertz CT molecular complexity index is 1690. The number of aromatic nitrogens is 3. The van der Waals surface area contributed by atoms with E-state index < -0.39 is 0 Å². The quantitative estimate of drug-likeness (QED) is 0.343. The van der Waals surface area contributed by atoms with E-state index in [1.165, 1.54) is 5.56 Å². The van der Waals surface area contributed by atoms with Gasteiger partial charge in [0.05, 0.1) is 16.7 Å². The summed E-state index contributed by atoms with van der Waals surface area (Å²) in [6, 6.07) is 31.5. The summed E-state index contributed by atoms with van der Waals surface area (Å²) in [6.45, 7) is 2.01.